The molecule has 5 unspecified atom stereocenters. The zero-order chi connectivity index (χ0) is 73.2. The third kappa shape index (κ3) is 72.3. The first-order valence-corrected chi connectivity index (χ1v) is 42.5. The minimum atomic E-state index is -4.99. The number of phosphoric ester groups is 2. The Hall–Kier alpha value is -4.02. The molecule has 3 N–H and O–H groups in total. The Kier molecular flexibility index (Phi) is 70.4. The summed E-state index contributed by atoms with van der Waals surface area (Å²) in [5, 5.41) is 10.6. The molecule has 0 radical (unpaired) electrons. The van der Waals surface area contributed by atoms with Crippen LogP contribution in [0.4, 0.5) is 0 Å². The van der Waals surface area contributed by atoms with E-state index in [-0.39, 0.29) is 25.7 Å². The highest BCUT2D eigenvalue weighted by molar-refractivity contribution is 7.47. The van der Waals surface area contributed by atoms with Crippen LogP contribution < -0.4 is 0 Å². The number of hydrogen-bond acceptors (Lipinski definition) is 15. The number of allylic oxidation sites excluding steroid dienone is 16. The molecule has 0 aromatic carbocycles. The van der Waals surface area contributed by atoms with E-state index in [1.165, 1.54) is 122 Å². The largest absolute Gasteiger partial charge is 0.472 e. The Morgan fingerprint density at radius 3 is 0.880 bits per heavy atom. The molecule has 0 aromatic heterocycles. The van der Waals surface area contributed by atoms with Gasteiger partial charge in [0.05, 0.1) is 26.4 Å². The molecule has 0 aliphatic heterocycles. The van der Waals surface area contributed by atoms with Crippen molar-refractivity contribution in [3.8, 4) is 0 Å². The van der Waals surface area contributed by atoms with Crippen molar-refractivity contribution in [3.05, 3.63) is 97.2 Å². The first-order valence-electron chi connectivity index (χ1n) is 39.5. The Labute approximate surface area is 607 Å². The first-order chi connectivity index (χ1) is 48.7. The monoisotopic (exact) mass is 1450 g/mol. The summed E-state index contributed by atoms with van der Waals surface area (Å²) in [5.41, 5.74) is 0. The maximum absolute atomic E-state index is 13.1. The van der Waals surface area contributed by atoms with Gasteiger partial charge in [-0.1, -0.05) is 311 Å². The van der Waals surface area contributed by atoms with Crippen LogP contribution in [0.5, 0.6) is 0 Å². The van der Waals surface area contributed by atoms with Crippen LogP contribution in [-0.2, 0) is 65.4 Å². The molecule has 0 saturated heterocycles. The Bertz CT molecular complexity index is 2270. The van der Waals surface area contributed by atoms with Crippen LogP contribution in [0.2, 0.25) is 0 Å². The second kappa shape index (κ2) is 73.3. The summed E-state index contributed by atoms with van der Waals surface area (Å²) >= 11 is 0. The van der Waals surface area contributed by atoms with Crippen molar-refractivity contribution < 1.29 is 80.2 Å². The smallest absolute Gasteiger partial charge is 0.462 e. The maximum Gasteiger partial charge on any atom is 0.472 e. The van der Waals surface area contributed by atoms with Gasteiger partial charge >= 0.3 is 39.5 Å². The molecular formula is C81H142O17P2. The lowest BCUT2D eigenvalue weighted by molar-refractivity contribution is -0.161. The molecule has 17 nitrogen and oxygen atoms in total. The average Bonchev–Trinajstić information content (AvgIpc) is 0.985. The summed E-state index contributed by atoms with van der Waals surface area (Å²) in [5.74, 6) is -2.27. The van der Waals surface area contributed by atoms with Gasteiger partial charge in [0.25, 0.3) is 0 Å². The van der Waals surface area contributed by atoms with E-state index >= 15 is 0 Å². The fraction of sp³-hybridized carbons (Fsp3) is 0.753. The molecular weight excluding hydrogens is 1310 g/mol. The number of aliphatic hydroxyl groups is 1. The summed E-state index contributed by atoms with van der Waals surface area (Å²) in [6.07, 6.45) is 76.9. The molecule has 0 aliphatic rings. The number of rotatable bonds is 74. The van der Waals surface area contributed by atoms with Crippen molar-refractivity contribution in [3.63, 3.8) is 0 Å². The van der Waals surface area contributed by atoms with Gasteiger partial charge in [0.15, 0.2) is 12.2 Å². The summed E-state index contributed by atoms with van der Waals surface area (Å²) in [4.78, 5) is 72.9. The molecule has 0 rings (SSSR count). The molecule has 0 aliphatic carbocycles. The van der Waals surface area contributed by atoms with Crippen LogP contribution in [-0.4, -0.2) is 96.7 Å². The maximum atomic E-state index is 13.1. The Morgan fingerprint density at radius 1 is 0.290 bits per heavy atom. The van der Waals surface area contributed by atoms with Gasteiger partial charge in [0, 0.05) is 25.7 Å². The van der Waals surface area contributed by atoms with Gasteiger partial charge in [-0.15, -0.1) is 0 Å². The van der Waals surface area contributed by atoms with E-state index in [0.29, 0.717) is 32.1 Å². The van der Waals surface area contributed by atoms with Crippen LogP contribution in [0.3, 0.4) is 0 Å². The van der Waals surface area contributed by atoms with Gasteiger partial charge in [-0.05, 0) is 96.3 Å². The van der Waals surface area contributed by atoms with E-state index in [4.69, 9.17) is 37.0 Å². The summed E-state index contributed by atoms with van der Waals surface area (Å²) in [7, 11) is -9.96. The molecule has 0 heterocycles. The average molecular weight is 1450 g/mol. The van der Waals surface area contributed by atoms with Crippen molar-refractivity contribution in [2.75, 3.05) is 39.6 Å². The van der Waals surface area contributed by atoms with E-state index in [9.17, 15) is 43.2 Å². The SMILES string of the molecule is CC/C=C\C/C=C\C/C=C\C/C=C\C/C=C\C/C=C\CCC(=O)OCC(COP(=O)(O)OCC(O)COP(=O)(O)OCC(COC(=O)CCCCCCC/C=C\C/C=C\CCCCC)OC(=O)CCCCCCCCCCCCC)OC(=O)CCCCCCCCCCCCCCCCC. The molecule has 0 saturated carbocycles. The standard InChI is InChI=1S/C81H142O17P2/c1-5-9-13-17-21-25-29-32-35-36-37-38-41-43-47-50-54-58-62-66-79(84)92-72-77(98-81(86)68-64-60-56-52-48-44-40-34-31-27-23-19-15-11-7-3)74-96-100(89,90)94-70-75(82)69-93-99(87,88)95-73-76(97-80(85)67-63-59-55-51-45-28-24-20-16-12-8-4)71-91-78(83)65-61-57-53-49-46-42-39-33-30-26-22-18-14-10-6-2/h9,13,21-22,25-26,32-33,35,37-39,43,47,54,58,75-77,82H,5-8,10-12,14-20,23-24,27-31,34,36,40-42,44-46,48-53,55-57,59-74H2,1-4H3,(H,87,88)(H,89,90)/b13-9-,25-21-,26-22-,35-32-,38-37-,39-33-,47-43-,58-54-. The van der Waals surface area contributed by atoms with Gasteiger partial charge in [-0.2, -0.15) is 0 Å². The third-order valence-corrected chi connectivity index (χ3v) is 18.5. The lowest BCUT2D eigenvalue weighted by Crippen LogP contribution is -2.30. The van der Waals surface area contributed by atoms with Gasteiger partial charge < -0.3 is 33.8 Å². The zero-order valence-corrected chi connectivity index (χ0v) is 64.9. The quantitative estimate of drug-likeness (QED) is 0.0169. The molecule has 0 spiro atoms. The molecule has 0 fully saturated rings. The molecule has 0 bridgehead atoms. The number of phosphoric acid groups is 2. The predicted octanol–water partition coefficient (Wildman–Crippen LogP) is 22.8. The number of ether oxygens (including phenoxy) is 4. The molecule has 19 heteroatoms. The van der Waals surface area contributed by atoms with Gasteiger partial charge in [0.1, 0.15) is 19.3 Å². The molecule has 5 atom stereocenters. The molecule has 100 heavy (non-hydrogen) atoms. The number of unbranched alkanes of at least 4 members (excludes halogenated alkanes) is 32. The Morgan fingerprint density at radius 2 is 0.540 bits per heavy atom. The molecule has 578 valence electrons. The van der Waals surface area contributed by atoms with Crippen molar-refractivity contribution in [2.45, 2.75) is 354 Å². The van der Waals surface area contributed by atoms with Crippen LogP contribution in [0.1, 0.15) is 336 Å². The van der Waals surface area contributed by atoms with Gasteiger partial charge in [-0.25, -0.2) is 9.13 Å². The number of hydrogen-bond donors (Lipinski definition) is 3. The van der Waals surface area contributed by atoms with Crippen molar-refractivity contribution in [1.29, 1.82) is 0 Å². The van der Waals surface area contributed by atoms with E-state index in [2.05, 4.69) is 107 Å². The topological polar surface area (TPSA) is 237 Å². The van der Waals surface area contributed by atoms with Crippen molar-refractivity contribution in [1.82, 2.24) is 0 Å². The second-order valence-corrected chi connectivity index (χ2v) is 29.2. The van der Waals surface area contributed by atoms with Crippen LogP contribution in [0, 0.1) is 0 Å². The van der Waals surface area contributed by atoms with E-state index in [0.717, 1.165) is 128 Å². The minimum Gasteiger partial charge on any atom is -0.462 e. The lowest BCUT2D eigenvalue weighted by Gasteiger charge is -2.21. The number of carbonyl (C=O) groups excluding carboxylic acids is 4. The highest BCUT2D eigenvalue weighted by Crippen LogP contribution is 2.45. The van der Waals surface area contributed by atoms with E-state index < -0.39 is 97.5 Å². The fourth-order valence-corrected chi connectivity index (χ4v) is 12.2. The Balaban J connectivity index is 5.38. The summed E-state index contributed by atoms with van der Waals surface area (Å²) in [6, 6.07) is 0. The first kappa shape index (κ1) is 96.0. The molecule has 0 amide bonds. The normalized spacial score (nSPS) is 14.4. The fourth-order valence-electron chi connectivity index (χ4n) is 10.6. The second-order valence-electron chi connectivity index (χ2n) is 26.3. The number of esters is 4. The highest BCUT2D eigenvalue weighted by Gasteiger charge is 2.30. The van der Waals surface area contributed by atoms with E-state index in [1.807, 2.05) is 18.2 Å². The van der Waals surface area contributed by atoms with E-state index in [1.54, 1.807) is 0 Å². The van der Waals surface area contributed by atoms with Gasteiger partial charge in [0.2, 0.25) is 0 Å². The summed E-state index contributed by atoms with van der Waals surface area (Å²) < 4.78 is 68.4. The minimum absolute atomic E-state index is 0.0382. The van der Waals surface area contributed by atoms with Gasteiger partial charge in [-0.3, -0.25) is 37.3 Å². The van der Waals surface area contributed by atoms with Crippen LogP contribution >= 0.6 is 15.6 Å². The van der Waals surface area contributed by atoms with Crippen LogP contribution in [0.15, 0.2) is 97.2 Å². The zero-order valence-electron chi connectivity index (χ0n) is 63.1. The highest BCUT2D eigenvalue weighted by atomic mass is 31.2. The molecule has 0 aromatic rings. The van der Waals surface area contributed by atoms with Crippen molar-refractivity contribution in [2.24, 2.45) is 0 Å². The number of carbonyl (C=O) groups is 4. The third-order valence-electron chi connectivity index (χ3n) is 16.6. The lowest BCUT2D eigenvalue weighted by atomic mass is 10.0. The predicted molar refractivity (Wildman–Crippen MR) is 409 cm³/mol. The summed E-state index contributed by atoms with van der Waals surface area (Å²) in [6.45, 7) is 4.67. The van der Waals surface area contributed by atoms with Crippen molar-refractivity contribution >= 4 is 39.5 Å². The van der Waals surface area contributed by atoms with Crippen LogP contribution in [0.25, 0.3) is 0 Å². The number of aliphatic hydroxyl groups excluding tert-OH is 1.